The van der Waals surface area contributed by atoms with E-state index in [1.807, 2.05) is 13.8 Å². The van der Waals surface area contributed by atoms with Crippen LogP contribution >= 0.6 is 0 Å². The fourth-order valence-electron chi connectivity index (χ4n) is 14.0. The summed E-state index contributed by atoms with van der Waals surface area (Å²) in [6.45, 7) is 15.1. The Morgan fingerprint density at radius 3 is 1.94 bits per heavy atom. The second-order valence-corrected chi connectivity index (χ2v) is 26.2. The number of aliphatic hydroxyl groups excluding tert-OH is 7. The molecule has 0 radical (unpaired) electrons. The zero-order valence-corrected chi connectivity index (χ0v) is 52.1. The van der Waals surface area contributed by atoms with Crippen molar-refractivity contribution in [3.63, 3.8) is 0 Å². The number of hydrogen-bond acceptors (Lipinski definition) is 23. The van der Waals surface area contributed by atoms with Crippen molar-refractivity contribution in [2.75, 3.05) is 7.11 Å². The molecule has 2 saturated carbocycles. The van der Waals surface area contributed by atoms with Gasteiger partial charge in [0, 0.05) is 57.1 Å². The van der Waals surface area contributed by atoms with Gasteiger partial charge in [-0.1, -0.05) is 59.3 Å². The van der Waals surface area contributed by atoms with Gasteiger partial charge in [0.05, 0.1) is 89.8 Å². The Balaban J connectivity index is 0.978. The fourth-order valence-corrected chi connectivity index (χ4v) is 14.0. The maximum absolute atomic E-state index is 15.2. The molecule has 492 valence electrons. The molecule has 0 aromatic heterocycles. The van der Waals surface area contributed by atoms with Gasteiger partial charge in [-0.05, 0) is 102 Å². The third-order valence-electron chi connectivity index (χ3n) is 19.0. The van der Waals surface area contributed by atoms with Crippen LogP contribution in [-0.2, 0) is 58.6 Å². The van der Waals surface area contributed by atoms with E-state index in [0.29, 0.717) is 19.3 Å². The monoisotopic (exact) mass is 1230 g/mol. The zero-order chi connectivity index (χ0) is 63.5. The topological polar surface area (TPSA) is 346 Å². The number of phenolic OH excluding ortho intramolecular Hbond substituents is 2. The largest absolute Gasteiger partial charge is 0.507 e. The lowest BCUT2D eigenvalue weighted by Crippen LogP contribution is -2.56. The minimum Gasteiger partial charge on any atom is -0.507 e. The highest BCUT2D eigenvalue weighted by atomic mass is 16.7. The summed E-state index contributed by atoms with van der Waals surface area (Å²) in [7, 11) is 1.21. The molecule has 87 heavy (non-hydrogen) atoms. The number of methoxy groups -OCH3 is 1. The smallest absolute Gasteiger partial charge is 0.306 e. The van der Waals surface area contributed by atoms with Gasteiger partial charge in [0.2, 0.25) is 6.29 Å². The maximum Gasteiger partial charge on any atom is 0.306 e. The number of Topliss-reactive ketones (excluding diaryl/α,β-unsaturated/α-hetero) is 2. The average Bonchev–Trinajstić information content (AvgIpc) is 0.892. The van der Waals surface area contributed by atoms with Gasteiger partial charge in [-0.25, -0.2) is 0 Å². The van der Waals surface area contributed by atoms with Crippen molar-refractivity contribution >= 4 is 28.3 Å². The summed E-state index contributed by atoms with van der Waals surface area (Å²) in [5, 5.41) is 112. The number of fused-ring (bicyclic) bond motifs is 2. The first-order valence-corrected chi connectivity index (χ1v) is 31.7. The van der Waals surface area contributed by atoms with Gasteiger partial charge >= 0.3 is 5.97 Å². The van der Waals surface area contributed by atoms with Crippen LogP contribution in [0, 0.1) is 24.7 Å². The number of phenols is 2. The SMILES string of the molecule is CCCCCCCCCC(=O)O[C@@H]1C(C)O[C@@H](O[C@@H]2C[C@H](Oc3cc4cc5c(c(O)c4c(O)c3C)C(=O)[C@@H](O[C@H]3C[C@@H](O[C@@H]4CC(C)[C@H](O)[C@H](O[C@@H]6CC(C)[C@@H](O)[C@@](C)(O)C6)C4)[C@H](O)C(C)O3)[C@H]([C@H](OC)C(=O)[C@@H](O)[C@@H](C)O)C5)OC(C)[C@H]2O)C[C@H]1O. The van der Waals surface area contributed by atoms with E-state index >= 15 is 4.79 Å². The van der Waals surface area contributed by atoms with Crippen LogP contribution < -0.4 is 4.74 Å². The van der Waals surface area contributed by atoms with Gasteiger partial charge in [0.15, 0.2) is 30.3 Å². The van der Waals surface area contributed by atoms with E-state index in [-0.39, 0.29) is 90.0 Å². The molecule has 3 saturated heterocycles. The summed E-state index contributed by atoms with van der Waals surface area (Å²) < 4.78 is 62.0. The lowest BCUT2D eigenvalue weighted by atomic mass is 9.75. The lowest BCUT2D eigenvalue weighted by molar-refractivity contribution is -0.299. The molecular weight excluding hydrogens is 1140 g/mol. The molecule has 10 N–H and O–H groups in total. The van der Waals surface area contributed by atoms with Crippen LogP contribution in [0.25, 0.3) is 10.8 Å². The first-order chi connectivity index (χ1) is 41.1. The molecular formula is C64H98O23. The van der Waals surface area contributed by atoms with Crippen LogP contribution in [0.5, 0.6) is 17.2 Å². The van der Waals surface area contributed by atoms with Gasteiger partial charge < -0.3 is 98.4 Å². The maximum atomic E-state index is 15.2. The fraction of sp³-hybridized carbons (Fsp3) is 0.797. The van der Waals surface area contributed by atoms with Crippen molar-refractivity contribution in [2.45, 2.75) is 299 Å². The van der Waals surface area contributed by atoms with Gasteiger partial charge in [-0.2, -0.15) is 0 Å². The van der Waals surface area contributed by atoms with Crippen LogP contribution in [0.15, 0.2) is 12.1 Å². The van der Waals surface area contributed by atoms with Crippen molar-refractivity contribution in [1.82, 2.24) is 0 Å². The average molecular weight is 1240 g/mol. The summed E-state index contributed by atoms with van der Waals surface area (Å²) in [5.41, 5.74) is -1.26. The highest BCUT2D eigenvalue weighted by molar-refractivity contribution is 6.11. The van der Waals surface area contributed by atoms with E-state index in [9.17, 15) is 60.7 Å². The first-order valence-electron chi connectivity index (χ1n) is 31.7. The van der Waals surface area contributed by atoms with Crippen LogP contribution in [0.4, 0.5) is 0 Å². The van der Waals surface area contributed by atoms with Crippen molar-refractivity contribution in [2.24, 2.45) is 17.8 Å². The predicted molar refractivity (Wildman–Crippen MR) is 312 cm³/mol. The van der Waals surface area contributed by atoms with E-state index in [0.717, 1.165) is 25.7 Å². The molecule has 0 bridgehead atoms. The van der Waals surface area contributed by atoms with Gasteiger partial charge in [-0.3, -0.25) is 14.4 Å². The molecule has 0 spiro atoms. The number of rotatable bonds is 24. The van der Waals surface area contributed by atoms with E-state index in [1.54, 1.807) is 33.8 Å². The number of ketones is 2. The van der Waals surface area contributed by atoms with Crippen molar-refractivity contribution < 1.29 is 113 Å². The number of benzene rings is 2. The molecule has 5 fully saturated rings. The van der Waals surface area contributed by atoms with Crippen LogP contribution in [0.3, 0.4) is 0 Å². The molecule has 5 unspecified atom stereocenters. The second kappa shape index (κ2) is 29.7. The number of hydrogen-bond donors (Lipinski definition) is 10. The number of esters is 1. The summed E-state index contributed by atoms with van der Waals surface area (Å²) >= 11 is 0. The molecule has 0 amide bonds. The number of aromatic hydroxyl groups is 2. The van der Waals surface area contributed by atoms with Gasteiger partial charge in [0.1, 0.15) is 47.8 Å². The molecule has 6 aliphatic rings. The number of unbranched alkanes of at least 4 members (excludes halogenated alkanes) is 6. The summed E-state index contributed by atoms with van der Waals surface area (Å²) in [5.74, 6) is -4.91. The Kier molecular flexibility index (Phi) is 23.6. The molecule has 25 atom stereocenters. The Labute approximate surface area is 509 Å². The predicted octanol–water partition coefficient (Wildman–Crippen LogP) is 4.77. The minimum atomic E-state index is -1.93. The first kappa shape index (κ1) is 69.2. The molecule has 3 aliphatic heterocycles. The highest BCUT2D eigenvalue weighted by Gasteiger charge is 2.51. The van der Waals surface area contributed by atoms with Crippen LogP contribution in [-0.4, -0.2) is 210 Å². The number of ether oxygens (including phenoxy) is 10. The normalized spacial score (nSPS) is 38.6. The molecule has 8 rings (SSSR count). The number of carbonyl (C=O) groups is 3. The van der Waals surface area contributed by atoms with Crippen molar-refractivity contribution in [3.05, 3.63) is 28.8 Å². The quantitative estimate of drug-likeness (QED) is 0.0500. The minimum absolute atomic E-state index is 0.0457. The summed E-state index contributed by atoms with van der Waals surface area (Å²) in [6.07, 6.45) is -13.9. The third kappa shape index (κ3) is 16.0. The Bertz CT molecular complexity index is 2620. The molecule has 2 aromatic carbocycles. The van der Waals surface area contributed by atoms with Crippen LogP contribution in [0.1, 0.15) is 173 Å². The molecule has 3 heterocycles. The van der Waals surface area contributed by atoms with E-state index in [4.69, 9.17) is 47.4 Å². The molecule has 23 nitrogen and oxygen atoms in total. The standard InChI is InChI=1S/C64H98O23/c1-11-12-13-14-15-16-17-18-46(67)86-60-35(8)81-47(25-41(60)66)85-45-27-48(79-34(7)56(45)72)84-42-23-37-21-36-22-40(61(78-10)59(75)54(70)32(5)65)62(58(74)51(36)57(73)50(37)53(69)31(42)4)87-49-26-44(55(71)33(6)80-49)82-38-19-29(2)52(68)43(24-38)83-39-20-30(3)63(76)64(9,77)28-39/h21,23,29-30,32-35,38-41,43-45,47-49,52,54-56,60-63,65-66,68-73,76-77H,11-20,22,24-28H2,1-10H3/t29?,30?,32-,33?,34?,35?,38-,39-,40+,41-,43-,44-,45-,47+,48+,49+,52+,54+,55-,56-,60-,61+,62+,63-,64+/m1/s1. The number of carbonyl (C=O) groups excluding carboxylic acids is 3. The van der Waals surface area contributed by atoms with Gasteiger partial charge in [-0.15, -0.1) is 0 Å². The Morgan fingerprint density at radius 1 is 0.713 bits per heavy atom. The highest BCUT2D eigenvalue weighted by Crippen LogP contribution is 2.48. The molecule has 23 heteroatoms. The van der Waals surface area contributed by atoms with Crippen LogP contribution in [0.2, 0.25) is 0 Å². The van der Waals surface area contributed by atoms with Crippen molar-refractivity contribution in [1.29, 1.82) is 0 Å². The number of aliphatic hydroxyl groups is 8. The Hall–Kier alpha value is -3.73. The van der Waals surface area contributed by atoms with Crippen molar-refractivity contribution in [3.8, 4) is 17.2 Å². The van der Waals surface area contributed by atoms with E-state index < -0.39 is 169 Å². The summed E-state index contributed by atoms with van der Waals surface area (Å²) in [6, 6.07) is 3.08. The second-order valence-electron chi connectivity index (χ2n) is 26.2. The molecule has 3 aliphatic carbocycles. The molecule has 2 aromatic rings. The third-order valence-corrected chi connectivity index (χ3v) is 19.0. The van der Waals surface area contributed by atoms with E-state index in [2.05, 4.69) is 6.92 Å². The lowest BCUT2D eigenvalue weighted by Gasteiger charge is -2.46. The van der Waals surface area contributed by atoms with E-state index in [1.165, 1.54) is 39.9 Å². The zero-order valence-electron chi connectivity index (χ0n) is 52.1. The van der Waals surface area contributed by atoms with Gasteiger partial charge in [0.25, 0.3) is 0 Å². The summed E-state index contributed by atoms with van der Waals surface area (Å²) in [4.78, 5) is 41.9. The Morgan fingerprint density at radius 2 is 1.30 bits per heavy atom.